The molecule has 0 bridgehead atoms. The summed E-state index contributed by atoms with van der Waals surface area (Å²) in [5.74, 6) is 0.808. The molecular weight excluding hydrogens is 232 g/mol. The highest BCUT2D eigenvalue weighted by Gasteiger charge is 2.02. The molecular formula is C14H15ClN2. The average molecular weight is 247 g/mol. The van der Waals surface area contributed by atoms with E-state index < -0.39 is 0 Å². The molecule has 0 aliphatic rings. The lowest BCUT2D eigenvalue weighted by molar-refractivity contribution is 0.852. The summed E-state index contributed by atoms with van der Waals surface area (Å²) in [6, 6.07) is 8.50. The van der Waals surface area contributed by atoms with Crippen LogP contribution in [0.25, 0.3) is 0 Å². The van der Waals surface area contributed by atoms with Gasteiger partial charge in [0.05, 0.1) is 0 Å². The molecule has 1 heterocycles. The van der Waals surface area contributed by atoms with Crippen molar-refractivity contribution in [2.45, 2.75) is 26.7 Å². The Morgan fingerprint density at radius 3 is 2.71 bits per heavy atom. The molecule has 0 saturated carbocycles. The van der Waals surface area contributed by atoms with Gasteiger partial charge in [0.25, 0.3) is 0 Å². The monoisotopic (exact) mass is 246 g/mol. The molecule has 0 spiro atoms. The van der Waals surface area contributed by atoms with E-state index in [1.165, 1.54) is 11.1 Å². The Kier molecular flexibility index (Phi) is 3.75. The van der Waals surface area contributed by atoms with E-state index in [-0.39, 0.29) is 0 Å². The standard InChI is InChI=1S/C14H15ClN2/c1-10-4-3-5-12(8-10)6-7-13-16-9-11(2)14(15)17-13/h3-5,8-9H,6-7H2,1-2H3. The summed E-state index contributed by atoms with van der Waals surface area (Å²) in [6.45, 7) is 4.01. The first-order valence-electron chi connectivity index (χ1n) is 5.69. The third-order valence-electron chi connectivity index (χ3n) is 2.68. The highest BCUT2D eigenvalue weighted by atomic mass is 35.5. The Balaban J connectivity index is 2.05. The summed E-state index contributed by atoms with van der Waals surface area (Å²) in [6.07, 6.45) is 3.55. The number of hydrogen-bond donors (Lipinski definition) is 0. The fraction of sp³-hybridized carbons (Fsp3) is 0.286. The molecule has 0 amide bonds. The first kappa shape index (κ1) is 12.1. The Morgan fingerprint density at radius 1 is 1.18 bits per heavy atom. The van der Waals surface area contributed by atoms with Crippen LogP contribution in [0.4, 0.5) is 0 Å². The summed E-state index contributed by atoms with van der Waals surface area (Å²) >= 11 is 5.97. The first-order chi connectivity index (χ1) is 8.15. The Morgan fingerprint density at radius 2 is 2.00 bits per heavy atom. The van der Waals surface area contributed by atoms with Crippen LogP contribution in [0, 0.1) is 13.8 Å². The van der Waals surface area contributed by atoms with Crippen molar-refractivity contribution < 1.29 is 0 Å². The Hall–Kier alpha value is -1.41. The van der Waals surface area contributed by atoms with Crippen LogP contribution in [-0.4, -0.2) is 9.97 Å². The number of aryl methyl sites for hydroxylation is 4. The number of nitrogens with zero attached hydrogens (tertiary/aromatic N) is 2. The predicted molar refractivity (Wildman–Crippen MR) is 70.4 cm³/mol. The van der Waals surface area contributed by atoms with Crippen LogP contribution in [0.1, 0.15) is 22.5 Å². The molecule has 0 N–H and O–H groups in total. The minimum absolute atomic E-state index is 0.555. The van der Waals surface area contributed by atoms with E-state index in [9.17, 15) is 0 Å². The highest BCUT2D eigenvalue weighted by molar-refractivity contribution is 6.30. The number of hydrogen-bond acceptors (Lipinski definition) is 2. The average Bonchev–Trinajstić information content (AvgIpc) is 2.31. The SMILES string of the molecule is Cc1cccc(CCc2ncc(C)c(Cl)n2)c1. The van der Waals surface area contributed by atoms with Crippen molar-refractivity contribution in [1.82, 2.24) is 9.97 Å². The molecule has 2 aromatic rings. The van der Waals surface area contributed by atoms with Crippen molar-refractivity contribution in [3.63, 3.8) is 0 Å². The summed E-state index contributed by atoms with van der Waals surface area (Å²) in [7, 11) is 0. The van der Waals surface area contributed by atoms with Gasteiger partial charge in [-0.25, -0.2) is 9.97 Å². The second kappa shape index (κ2) is 5.28. The van der Waals surface area contributed by atoms with Crippen molar-refractivity contribution >= 4 is 11.6 Å². The molecule has 0 fully saturated rings. The fourth-order valence-electron chi connectivity index (χ4n) is 1.70. The van der Waals surface area contributed by atoms with E-state index in [1.54, 1.807) is 6.20 Å². The molecule has 0 aliphatic carbocycles. The molecule has 1 aromatic heterocycles. The van der Waals surface area contributed by atoms with Crippen molar-refractivity contribution in [2.24, 2.45) is 0 Å². The summed E-state index contributed by atoms with van der Waals surface area (Å²) in [5, 5.41) is 0.555. The lowest BCUT2D eigenvalue weighted by atomic mass is 10.1. The molecule has 88 valence electrons. The largest absolute Gasteiger partial charge is 0.241 e. The minimum Gasteiger partial charge on any atom is -0.241 e. The normalized spacial score (nSPS) is 10.5. The maximum atomic E-state index is 5.97. The zero-order chi connectivity index (χ0) is 12.3. The van der Waals surface area contributed by atoms with Crippen LogP contribution in [-0.2, 0) is 12.8 Å². The number of aromatic nitrogens is 2. The third-order valence-corrected chi connectivity index (χ3v) is 3.06. The van der Waals surface area contributed by atoms with Gasteiger partial charge in [-0.3, -0.25) is 0 Å². The van der Waals surface area contributed by atoms with Gasteiger partial charge in [-0.1, -0.05) is 41.4 Å². The Bertz CT molecular complexity index is 523. The maximum Gasteiger partial charge on any atom is 0.135 e. The van der Waals surface area contributed by atoms with Crippen LogP contribution >= 0.6 is 11.6 Å². The van der Waals surface area contributed by atoms with Crippen LogP contribution in [0.15, 0.2) is 30.5 Å². The second-order valence-corrected chi connectivity index (χ2v) is 4.61. The molecule has 0 saturated heterocycles. The van der Waals surface area contributed by atoms with Gasteiger partial charge in [0.1, 0.15) is 11.0 Å². The van der Waals surface area contributed by atoms with Gasteiger partial charge in [0.2, 0.25) is 0 Å². The smallest absolute Gasteiger partial charge is 0.135 e. The molecule has 2 rings (SSSR count). The molecule has 0 radical (unpaired) electrons. The van der Waals surface area contributed by atoms with Gasteiger partial charge >= 0.3 is 0 Å². The Labute approximate surface area is 107 Å². The van der Waals surface area contributed by atoms with Gasteiger partial charge in [-0.2, -0.15) is 0 Å². The summed E-state index contributed by atoms with van der Waals surface area (Å²) in [5.41, 5.74) is 3.52. The van der Waals surface area contributed by atoms with Crippen molar-refractivity contribution in [3.8, 4) is 0 Å². The molecule has 0 atom stereocenters. The summed E-state index contributed by atoms with van der Waals surface area (Å²) in [4.78, 5) is 8.55. The lowest BCUT2D eigenvalue weighted by Crippen LogP contribution is -1.99. The topological polar surface area (TPSA) is 25.8 Å². The number of halogens is 1. The van der Waals surface area contributed by atoms with E-state index >= 15 is 0 Å². The zero-order valence-electron chi connectivity index (χ0n) is 10.1. The number of rotatable bonds is 3. The van der Waals surface area contributed by atoms with E-state index in [4.69, 9.17) is 11.6 Å². The fourth-order valence-corrected chi connectivity index (χ4v) is 1.85. The molecule has 0 unspecified atom stereocenters. The zero-order valence-corrected chi connectivity index (χ0v) is 10.8. The van der Waals surface area contributed by atoms with Gasteiger partial charge in [0, 0.05) is 18.2 Å². The van der Waals surface area contributed by atoms with Crippen LogP contribution in [0.2, 0.25) is 5.15 Å². The second-order valence-electron chi connectivity index (χ2n) is 4.25. The highest BCUT2D eigenvalue weighted by Crippen LogP contribution is 2.12. The van der Waals surface area contributed by atoms with Crippen LogP contribution in [0.3, 0.4) is 0 Å². The van der Waals surface area contributed by atoms with Crippen LogP contribution in [0.5, 0.6) is 0 Å². The minimum atomic E-state index is 0.555. The maximum absolute atomic E-state index is 5.97. The molecule has 2 nitrogen and oxygen atoms in total. The van der Waals surface area contributed by atoms with Crippen LogP contribution < -0.4 is 0 Å². The van der Waals surface area contributed by atoms with Gasteiger partial charge in [-0.05, 0) is 25.8 Å². The van der Waals surface area contributed by atoms with Gasteiger partial charge < -0.3 is 0 Å². The third kappa shape index (κ3) is 3.27. The van der Waals surface area contributed by atoms with Crippen molar-refractivity contribution in [2.75, 3.05) is 0 Å². The van der Waals surface area contributed by atoms with Gasteiger partial charge in [-0.15, -0.1) is 0 Å². The van der Waals surface area contributed by atoms with E-state index in [2.05, 4.69) is 41.2 Å². The molecule has 1 aromatic carbocycles. The number of benzene rings is 1. The molecule has 17 heavy (non-hydrogen) atoms. The predicted octanol–water partition coefficient (Wildman–Crippen LogP) is 3.53. The summed E-state index contributed by atoms with van der Waals surface area (Å²) < 4.78 is 0. The van der Waals surface area contributed by atoms with E-state index in [0.29, 0.717) is 5.15 Å². The van der Waals surface area contributed by atoms with E-state index in [0.717, 1.165) is 24.2 Å². The van der Waals surface area contributed by atoms with Gasteiger partial charge in [0.15, 0.2) is 0 Å². The van der Waals surface area contributed by atoms with Crippen molar-refractivity contribution in [3.05, 3.63) is 58.1 Å². The lowest BCUT2D eigenvalue weighted by Gasteiger charge is -2.03. The van der Waals surface area contributed by atoms with Crippen molar-refractivity contribution in [1.29, 1.82) is 0 Å². The quantitative estimate of drug-likeness (QED) is 0.775. The molecule has 3 heteroatoms. The van der Waals surface area contributed by atoms with E-state index in [1.807, 2.05) is 6.92 Å². The molecule has 0 aliphatic heterocycles. The first-order valence-corrected chi connectivity index (χ1v) is 6.06.